The Labute approximate surface area is 134 Å². The monoisotopic (exact) mass is 311 g/mol. The van der Waals surface area contributed by atoms with E-state index in [2.05, 4.69) is 0 Å². The van der Waals surface area contributed by atoms with E-state index in [4.69, 9.17) is 9.47 Å². The number of benzene rings is 2. The van der Waals surface area contributed by atoms with Gasteiger partial charge in [-0.1, -0.05) is 6.07 Å². The lowest BCUT2D eigenvalue weighted by molar-refractivity contribution is 0.0973. The molecule has 0 aliphatic carbocycles. The second kappa shape index (κ2) is 6.12. The van der Waals surface area contributed by atoms with Gasteiger partial charge in [-0.05, 0) is 43.3 Å². The summed E-state index contributed by atoms with van der Waals surface area (Å²) in [6.45, 7) is 2.35. The average Bonchev–Trinajstić information content (AvgIpc) is 2.60. The molecule has 0 atom stereocenters. The van der Waals surface area contributed by atoms with Gasteiger partial charge in [0, 0.05) is 11.1 Å². The highest BCUT2D eigenvalue weighted by molar-refractivity contribution is 6.08. The first-order valence-electron chi connectivity index (χ1n) is 7.34. The summed E-state index contributed by atoms with van der Waals surface area (Å²) in [4.78, 5) is 26.1. The quantitative estimate of drug-likeness (QED) is 0.818. The van der Waals surface area contributed by atoms with Crippen LogP contribution in [0.3, 0.4) is 0 Å². The van der Waals surface area contributed by atoms with E-state index in [0.717, 1.165) is 0 Å². The van der Waals surface area contributed by atoms with Crippen molar-refractivity contribution in [3.05, 3.63) is 53.6 Å². The predicted octanol–water partition coefficient (Wildman–Crippen LogP) is 2.94. The van der Waals surface area contributed by atoms with E-state index in [1.165, 1.54) is 6.92 Å². The Balaban J connectivity index is 2.00. The van der Waals surface area contributed by atoms with Crippen LogP contribution in [-0.4, -0.2) is 32.0 Å². The Kier molecular flexibility index (Phi) is 4.02. The molecule has 0 saturated heterocycles. The molecule has 3 rings (SSSR count). The standard InChI is InChI=1S/C18H17NO4/c1-12(20)13-6-7-17-16(11-13)19(8-9-23-17)18(21)14-4-3-5-15(10-14)22-2/h3-7,10-11H,8-9H2,1-2H3. The van der Waals surface area contributed by atoms with E-state index in [1.807, 2.05) is 0 Å². The fourth-order valence-electron chi connectivity index (χ4n) is 2.56. The molecule has 1 amide bonds. The molecule has 5 nitrogen and oxygen atoms in total. The van der Waals surface area contributed by atoms with Crippen molar-refractivity contribution >= 4 is 17.4 Å². The Bertz CT molecular complexity index is 769. The smallest absolute Gasteiger partial charge is 0.258 e. The van der Waals surface area contributed by atoms with Gasteiger partial charge in [-0.3, -0.25) is 9.59 Å². The minimum absolute atomic E-state index is 0.0489. The number of carbonyl (C=O) groups excluding carboxylic acids is 2. The van der Waals surface area contributed by atoms with Gasteiger partial charge < -0.3 is 14.4 Å². The van der Waals surface area contributed by atoms with E-state index >= 15 is 0 Å². The lowest BCUT2D eigenvalue weighted by Crippen LogP contribution is -2.38. The molecule has 1 heterocycles. The fourth-order valence-corrected chi connectivity index (χ4v) is 2.56. The minimum atomic E-state index is -0.144. The van der Waals surface area contributed by atoms with Crippen molar-refractivity contribution in [3.8, 4) is 11.5 Å². The van der Waals surface area contributed by atoms with Crippen LogP contribution in [0.1, 0.15) is 27.6 Å². The summed E-state index contributed by atoms with van der Waals surface area (Å²) in [5, 5.41) is 0. The van der Waals surface area contributed by atoms with Crippen LogP contribution < -0.4 is 14.4 Å². The highest BCUT2D eigenvalue weighted by Crippen LogP contribution is 2.33. The summed E-state index contributed by atoms with van der Waals surface area (Å²) in [5.74, 6) is 1.04. The van der Waals surface area contributed by atoms with Gasteiger partial charge in [0.25, 0.3) is 5.91 Å². The summed E-state index contributed by atoms with van der Waals surface area (Å²) in [6.07, 6.45) is 0. The predicted molar refractivity (Wildman–Crippen MR) is 86.6 cm³/mol. The maximum absolute atomic E-state index is 12.8. The van der Waals surface area contributed by atoms with Crippen molar-refractivity contribution in [3.63, 3.8) is 0 Å². The van der Waals surface area contributed by atoms with E-state index < -0.39 is 0 Å². The molecular formula is C18H17NO4. The topological polar surface area (TPSA) is 55.8 Å². The number of nitrogens with zero attached hydrogens (tertiary/aromatic N) is 1. The molecule has 118 valence electrons. The Morgan fingerprint density at radius 1 is 1.13 bits per heavy atom. The molecule has 0 unspecified atom stereocenters. The van der Waals surface area contributed by atoms with Gasteiger partial charge in [0.05, 0.1) is 19.3 Å². The van der Waals surface area contributed by atoms with Crippen molar-refractivity contribution in [2.45, 2.75) is 6.92 Å². The number of carbonyl (C=O) groups is 2. The maximum Gasteiger partial charge on any atom is 0.258 e. The number of amides is 1. The SMILES string of the molecule is COc1cccc(C(=O)N2CCOc3ccc(C(C)=O)cc32)c1. The summed E-state index contributed by atoms with van der Waals surface area (Å²) >= 11 is 0. The summed E-state index contributed by atoms with van der Waals surface area (Å²) in [6, 6.07) is 12.2. The van der Waals surface area contributed by atoms with Crippen LogP contribution in [0.25, 0.3) is 0 Å². The first-order valence-corrected chi connectivity index (χ1v) is 7.34. The molecule has 1 aliphatic heterocycles. The number of anilines is 1. The van der Waals surface area contributed by atoms with Crippen LogP contribution in [-0.2, 0) is 0 Å². The number of fused-ring (bicyclic) bond motifs is 1. The highest BCUT2D eigenvalue weighted by atomic mass is 16.5. The maximum atomic E-state index is 12.8. The number of hydrogen-bond donors (Lipinski definition) is 0. The molecule has 0 aromatic heterocycles. The Morgan fingerprint density at radius 2 is 1.96 bits per heavy atom. The molecule has 0 N–H and O–H groups in total. The van der Waals surface area contributed by atoms with Gasteiger partial charge in [-0.15, -0.1) is 0 Å². The van der Waals surface area contributed by atoms with Gasteiger partial charge in [-0.2, -0.15) is 0 Å². The van der Waals surface area contributed by atoms with E-state index in [1.54, 1.807) is 54.5 Å². The van der Waals surface area contributed by atoms with Crippen molar-refractivity contribution in [1.82, 2.24) is 0 Å². The van der Waals surface area contributed by atoms with Gasteiger partial charge in [0.15, 0.2) is 5.78 Å². The summed E-state index contributed by atoms with van der Waals surface area (Å²) in [5.41, 5.74) is 1.71. The number of ether oxygens (including phenoxy) is 2. The van der Waals surface area contributed by atoms with Crippen LogP contribution >= 0.6 is 0 Å². The molecule has 23 heavy (non-hydrogen) atoms. The minimum Gasteiger partial charge on any atom is -0.497 e. The van der Waals surface area contributed by atoms with Gasteiger partial charge in [0.1, 0.15) is 18.1 Å². The average molecular weight is 311 g/mol. The third-order valence-electron chi connectivity index (χ3n) is 3.79. The first-order chi connectivity index (χ1) is 11.1. The molecule has 0 bridgehead atoms. The van der Waals surface area contributed by atoms with Gasteiger partial charge >= 0.3 is 0 Å². The Morgan fingerprint density at radius 3 is 2.70 bits per heavy atom. The van der Waals surface area contributed by atoms with Crippen molar-refractivity contribution in [2.24, 2.45) is 0 Å². The second-order valence-electron chi connectivity index (χ2n) is 5.28. The van der Waals surface area contributed by atoms with Crippen LogP contribution in [0, 0.1) is 0 Å². The second-order valence-corrected chi connectivity index (χ2v) is 5.28. The molecule has 2 aromatic rings. The largest absolute Gasteiger partial charge is 0.497 e. The zero-order chi connectivity index (χ0) is 16.4. The van der Waals surface area contributed by atoms with Crippen LogP contribution in [0.2, 0.25) is 0 Å². The van der Waals surface area contributed by atoms with Crippen molar-refractivity contribution in [1.29, 1.82) is 0 Å². The Hall–Kier alpha value is -2.82. The molecule has 5 heteroatoms. The highest BCUT2D eigenvalue weighted by Gasteiger charge is 2.25. The van der Waals surface area contributed by atoms with Gasteiger partial charge in [-0.25, -0.2) is 0 Å². The molecule has 0 spiro atoms. The van der Waals surface area contributed by atoms with Crippen molar-refractivity contribution < 1.29 is 19.1 Å². The van der Waals surface area contributed by atoms with E-state index in [9.17, 15) is 9.59 Å². The number of ketones is 1. The lowest BCUT2D eigenvalue weighted by atomic mass is 10.1. The zero-order valence-corrected chi connectivity index (χ0v) is 13.0. The third kappa shape index (κ3) is 2.90. The normalized spacial score (nSPS) is 13.0. The first kappa shape index (κ1) is 15.1. The van der Waals surface area contributed by atoms with Crippen LogP contribution in [0.4, 0.5) is 5.69 Å². The van der Waals surface area contributed by atoms with E-state index in [-0.39, 0.29) is 11.7 Å². The van der Waals surface area contributed by atoms with Crippen LogP contribution in [0.15, 0.2) is 42.5 Å². The molecule has 0 fully saturated rings. The van der Waals surface area contributed by atoms with Crippen LogP contribution in [0.5, 0.6) is 11.5 Å². The number of rotatable bonds is 3. The summed E-state index contributed by atoms with van der Waals surface area (Å²) in [7, 11) is 1.56. The number of Topliss-reactive ketones (excluding diaryl/α,β-unsaturated/α-hetero) is 1. The van der Waals surface area contributed by atoms with Crippen molar-refractivity contribution in [2.75, 3.05) is 25.2 Å². The number of methoxy groups -OCH3 is 1. The lowest BCUT2D eigenvalue weighted by Gasteiger charge is -2.30. The van der Waals surface area contributed by atoms with Gasteiger partial charge in [0.2, 0.25) is 0 Å². The molecule has 1 aliphatic rings. The molecule has 2 aromatic carbocycles. The van der Waals surface area contributed by atoms with E-state index in [0.29, 0.717) is 41.5 Å². The molecule has 0 radical (unpaired) electrons. The number of hydrogen-bond acceptors (Lipinski definition) is 4. The summed E-state index contributed by atoms with van der Waals surface area (Å²) < 4.78 is 10.8. The fraction of sp³-hybridized carbons (Fsp3) is 0.222. The molecule has 0 saturated carbocycles. The third-order valence-corrected chi connectivity index (χ3v) is 3.79. The zero-order valence-electron chi connectivity index (χ0n) is 13.0. The molecular weight excluding hydrogens is 294 g/mol.